The van der Waals surface area contributed by atoms with Gasteiger partial charge in [0.25, 0.3) is 0 Å². The van der Waals surface area contributed by atoms with E-state index in [0.717, 1.165) is 24.6 Å². The topological polar surface area (TPSA) is 52.1 Å². The number of rotatable bonds is 5. The molecule has 116 valence electrons. The van der Waals surface area contributed by atoms with Crippen molar-refractivity contribution >= 4 is 17.6 Å². The van der Waals surface area contributed by atoms with Gasteiger partial charge in [0, 0.05) is 12.1 Å². The summed E-state index contributed by atoms with van der Waals surface area (Å²) in [6, 6.07) is 0. The Balaban J connectivity index is 2.02. The molecule has 0 N–H and O–H groups in total. The van der Waals surface area contributed by atoms with Crippen molar-refractivity contribution in [2.75, 3.05) is 6.61 Å². The number of halogens is 1. The lowest BCUT2D eigenvalue weighted by atomic mass is 9.80. The lowest BCUT2D eigenvalue weighted by molar-refractivity contribution is 0.0525. The molecule has 4 nitrogen and oxygen atoms in total. The quantitative estimate of drug-likeness (QED) is 0.598. The molecule has 0 radical (unpaired) electrons. The number of aromatic nitrogens is 2. The summed E-state index contributed by atoms with van der Waals surface area (Å²) in [7, 11) is 0. The standard InChI is InChI=1S/C16H23ClN2O2/c1-3-5-11-6-8-12(9-7-11)15-18-10-13(14(17)19-15)16(20)21-4-2/h10-12H,3-9H2,1-2H3. The second-order valence-electron chi connectivity index (χ2n) is 5.66. The number of hydrogen-bond donors (Lipinski definition) is 0. The average molecular weight is 311 g/mol. The van der Waals surface area contributed by atoms with Gasteiger partial charge < -0.3 is 4.74 Å². The molecule has 21 heavy (non-hydrogen) atoms. The van der Waals surface area contributed by atoms with Crippen molar-refractivity contribution in [2.45, 2.75) is 58.3 Å². The molecular formula is C16H23ClN2O2. The zero-order valence-electron chi connectivity index (χ0n) is 12.8. The molecule has 0 amide bonds. The number of hydrogen-bond acceptors (Lipinski definition) is 4. The minimum Gasteiger partial charge on any atom is -0.462 e. The SMILES string of the molecule is CCCC1CCC(c2ncc(C(=O)OCC)c(Cl)n2)CC1. The van der Waals surface area contributed by atoms with Crippen LogP contribution in [0.2, 0.25) is 5.15 Å². The maximum atomic E-state index is 11.7. The van der Waals surface area contributed by atoms with Crippen LogP contribution in [0.5, 0.6) is 0 Å². The summed E-state index contributed by atoms with van der Waals surface area (Å²) in [4.78, 5) is 20.3. The molecule has 1 saturated carbocycles. The summed E-state index contributed by atoms with van der Waals surface area (Å²) in [5.41, 5.74) is 0.252. The summed E-state index contributed by atoms with van der Waals surface area (Å²) in [5, 5.41) is 0.203. The van der Waals surface area contributed by atoms with Crippen LogP contribution in [0.1, 0.15) is 74.5 Å². The van der Waals surface area contributed by atoms with E-state index < -0.39 is 5.97 Å². The first-order valence-corrected chi connectivity index (χ1v) is 8.23. The van der Waals surface area contributed by atoms with Gasteiger partial charge in [-0.15, -0.1) is 0 Å². The Morgan fingerprint density at radius 1 is 1.33 bits per heavy atom. The third kappa shape index (κ3) is 4.16. The van der Waals surface area contributed by atoms with Crippen molar-refractivity contribution in [3.63, 3.8) is 0 Å². The molecule has 1 aliphatic rings. The predicted octanol–water partition coefficient (Wildman–Crippen LogP) is 4.38. The van der Waals surface area contributed by atoms with Crippen molar-refractivity contribution in [2.24, 2.45) is 5.92 Å². The highest BCUT2D eigenvalue weighted by Gasteiger charge is 2.25. The van der Waals surface area contributed by atoms with Crippen molar-refractivity contribution in [3.05, 3.63) is 22.7 Å². The Morgan fingerprint density at radius 3 is 2.62 bits per heavy atom. The highest BCUT2D eigenvalue weighted by molar-refractivity contribution is 6.32. The smallest absolute Gasteiger partial charge is 0.342 e. The fourth-order valence-electron chi connectivity index (χ4n) is 3.03. The van der Waals surface area contributed by atoms with E-state index in [4.69, 9.17) is 16.3 Å². The van der Waals surface area contributed by atoms with E-state index in [9.17, 15) is 4.79 Å². The number of ether oxygens (including phenoxy) is 1. The summed E-state index contributed by atoms with van der Waals surface area (Å²) >= 11 is 6.11. The van der Waals surface area contributed by atoms with Gasteiger partial charge in [0.1, 0.15) is 16.5 Å². The molecule has 0 aliphatic heterocycles. The second-order valence-corrected chi connectivity index (χ2v) is 6.02. The Morgan fingerprint density at radius 2 is 2.05 bits per heavy atom. The minimum absolute atomic E-state index is 0.203. The van der Waals surface area contributed by atoms with E-state index in [2.05, 4.69) is 16.9 Å². The van der Waals surface area contributed by atoms with Crippen LogP contribution in [-0.2, 0) is 4.74 Å². The van der Waals surface area contributed by atoms with Crippen molar-refractivity contribution in [1.82, 2.24) is 9.97 Å². The molecule has 0 unspecified atom stereocenters. The van der Waals surface area contributed by atoms with Gasteiger partial charge in [0.05, 0.1) is 6.61 Å². The molecule has 0 atom stereocenters. The Labute approximate surface area is 131 Å². The summed E-state index contributed by atoms with van der Waals surface area (Å²) in [5.74, 6) is 1.52. The van der Waals surface area contributed by atoms with Crippen LogP contribution < -0.4 is 0 Å². The van der Waals surface area contributed by atoms with E-state index in [1.807, 2.05) is 0 Å². The Bertz CT molecular complexity index is 485. The maximum absolute atomic E-state index is 11.7. The van der Waals surface area contributed by atoms with E-state index in [0.29, 0.717) is 12.5 Å². The minimum atomic E-state index is -0.458. The predicted molar refractivity (Wildman–Crippen MR) is 82.6 cm³/mol. The first-order chi connectivity index (χ1) is 10.2. The average Bonchev–Trinajstić information content (AvgIpc) is 2.48. The highest BCUT2D eigenvalue weighted by atomic mass is 35.5. The zero-order chi connectivity index (χ0) is 15.2. The third-order valence-corrected chi connectivity index (χ3v) is 4.45. The fourth-order valence-corrected chi connectivity index (χ4v) is 3.25. The number of nitrogens with zero attached hydrogens (tertiary/aromatic N) is 2. The van der Waals surface area contributed by atoms with Crippen LogP contribution in [0.4, 0.5) is 0 Å². The summed E-state index contributed by atoms with van der Waals surface area (Å²) in [6.07, 6.45) is 8.76. The van der Waals surface area contributed by atoms with Crippen molar-refractivity contribution in [3.8, 4) is 0 Å². The Kier molecular flexibility index (Phi) is 5.97. The molecule has 5 heteroatoms. The number of esters is 1. The molecule has 0 saturated heterocycles. The highest BCUT2D eigenvalue weighted by Crippen LogP contribution is 2.36. The molecule has 0 bridgehead atoms. The van der Waals surface area contributed by atoms with Gasteiger partial charge in [-0.3, -0.25) is 0 Å². The molecule has 1 fully saturated rings. The van der Waals surface area contributed by atoms with E-state index >= 15 is 0 Å². The number of carbonyl (C=O) groups excluding carboxylic acids is 1. The summed E-state index contributed by atoms with van der Waals surface area (Å²) in [6.45, 7) is 4.32. The molecule has 1 aliphatic carbocycles. The van der Waals surface area contributed by atoms with Gasteiger partial charge in [-0.1, -0.05) is 31.4 Å². The molecule has 1 aromatic rings. The van der Waals surface area contributed by atoms with Gasteiger partial charge in [-0.25, -0.2) is 14.8 Å². The monoisotopic (exact) mass is 310 g/mol. The largest absolute Gasteiger partial charge is 0.462 e. The third-order valence-electron chi connectivity index (χ3n) is 4.17. The molecule has 0 spiro atoms. The van der Waals surface area contributed by atoms with Crippen LogP contribution in [0.25, 0.3) is 0 Å². The van der Waals surface area contributed by atoms with E-state index in [1.165, 1.54) is 31.9 Å². The van der Waals surface area contributed by atoms with Crippen LogP contribution in [0.15, 0.2) is 6.20 Å². The summed E-state index contributed by atoms with van der Waals surface area (Å²) < 4.78 is 4.93. The van der Waals surface area contributed by atoms with E-state index in [1.54, 1.807) is 6.92 Å². The maximum Gasteiger partial charge on any atom is 0.342 e. The van der Waals surface area contributed by atoms with Crippen molar-refractivity contribution in [1.29, 1.82) is 0 Å². The lowest BCUT2D eigenvalue weighted by Gasteiger charge is -2.27. The van der Waals surface area contributed by atoms with Gasteiger partial charge in [0.15, 0.2) is 0 Å². The Hall–Kier alpha value is -1.16. The van der Waals surface area contributed by atoms with Gasteiger partial charge in [0.2, 0.25) is 0 Å². The molecule has 1 heterocycles. The normalized spacial score (nSPS) is 22.0. The van der Waals surface area contributed by atoms with Crippen LogP contribution in [0, 0.1) is 5.92 Å². The molecule has 0 aromatic carbocycles. The molecule has 2 rings (SSSR count). The number of carbonyl (C=O) groups is 1. The van der Waals surface area contributed by atoms with Gasteiger partial charge in [-0.05, 0) is 38.5 Å². The van der Waals surface area contributed by atoms with Crippen LogP contribution >= 0.6 is 11.6 Å². The van der Waals surface area contributed by atoms with E-state index in [-0.39, 0.29) is 10.7 Å². The van der Waals surface area contributed by atoms with Crippen LogP contribution in [0.3, 0.4) is 0 Å². The molecular weight excluding hydrogens is 288 g/mol. The van der Waals surface area contributed by atoms with Crippen LogP contribution in [-0.4, -0.2) is 22.5 Å². The van der Waals surface area contributed by atoms with Gasteiger partial charge in [-0.2, -0.15) is 0 Å². The zero-order valence-corrected chi connectivity index (χ0v) is 13.5. The first kappa shape index (κ1) is 16.2. The fraction of sp³-hybridized carbons (Fsp3) is 0.688. The van der Waals surface area contributed by atoms with Crippen molar-refractivity contribution < 1.29 is 9.53 Å². The molecule has 1 aromatic heterocycles. The lowest BCUT2D eigenvalue weighted by Crippen LogP contribution is -2.16. The van der Waals surface area contributed by atoms with Gasteiger partial charge >= 0.3 is 5.97 Å². The first-order valence-electron chi connectivity index (χ1n) is 7.85. The second kappa shape index (κ2) is 7.74.